The van der Waals surface area contributed by atoms with Gasteiger partial charge in [-0.2, -0.15) is 0 Å². The summed E-state index contributed by atoms with van der Waals surface area (Å²) >= 11 is 5.68. The number of carbonyl (C=O) groups is 2. The fourth-order valence-corrected chi connectivity index (χ4v) is 1.38. The van der Waals surface area contributed by atoms with Gasteiger partial charge in [0.25, 0.3) is 0 Å². The van der Waals surface area contributed by atoms with Crippen LogP contribution in [0.1, 0.15) is 55.3 Å². The largest absolute Gasteiger partial charge is 0.478 e. The van der Waals surface area contributed by atoms with Gasteiger partial charge in [-0.25, -0.2) is 9.59 Å². The standard InChI is InChI=1S/C12H13ClO4.C2H6/c1-12(2,3)17-11(16)8-5-4-7(13)6-9(8)10(14)15;1-2/h4-6H,1-3H3,(H,14,15);1-2H3. The summed E-state index contributed by atoms with van der Waals surface area (Å²) in [5.41, 5.74) is -0.837. The minimum absolute atomic E-state index is 0.00294. The van der Waals surface area contributed by atoms with Gasteiger partial charge in [0, 0.05) is 5.02 Å². The van der Waals surface area contributed by atoms with Gasteiger partial charge in [0.05, 0.1) is 11.1 Å². The number of carboxylic acid groups (broad SMARTS) is 1. The maximum absolute atomic E-state index is 11.8. The number of benzene rings is 1. The minimum atomic E-state index is -1.21. The van der Waals surface area contributed by atoms with Gasteiger partial charge in [0.15, 0.2) is 0 Å². The van der Waals surface area contributed by atoms with Crippen LogP contribution in [0.5, 0.6) is 0 Å². The second-order valence-corrected chi connectivity index (χ2v) is 4.93. The van der Waals surface area contributed by atoms with Crippen LogP contribution < -0.4 is 0 Å². The van der Waals surface area contributed by atoms with E-state index in [9.17, 15) is 9.59 Å². The molecule has 0 fully saturated rings. The van der Waals surface area contributed by atoms with Crippen LogP contribution in [-0.2, 0) is 4.74 Å². The third-order valence-electron chi connectivity index (χ3n) is 1.83. The van der Waals surface area contributed by atoms with Crippen molar-refractivity contribution in [1.82, 2.24) is 0 Å². The highest BCUT2D eigenvalue weighted by molar-refractivity contribution is 6.31. The lowest BCUT2D eigenvalue weighted by atomic mass is 10.1. The monoisotopic (exact) mass is 286 g/mol. The molecule has 1 rings (SSSR count). The van der Waals surface area contributed by atoms with E-state index >= 15 is 0 Å². The summed E-state index contributed by atoms with van der Waals surface area (Å²) < 4.78 is 5.11. The van der Waals surface area contributed by atoms with Crippen LogP contribution in [0.4, 0.5) is 0 Å². The van der Waals surface area contributed by atoms with Gasteiger partial charge in [-0.3, -0.25) is 0 Å². The number of hydrogen-bond acceptors (Lipinski definition) is 3. The molecule has 1 N–H and O–H groups in total. The van der Waals surface area contributed by atoms with E-state index in [0.717, 1.165) is 0 Å². The van der Waals surface area contributed by atoms with Gasteiger partial charge in [0.1, 0.15) is 5.60 Å². The van der Waals surface area contributed by atoms with Crippen molar-refractivity contribution in [3.05, 3.63) is 34.3 Å². The van der Waals surface area contributed by atoms with Gasteiger partial charge >= 0.3 is 11.9 Å². The van der Waals surface area contributed by atoms with Crippen molar-refractivity contribution in [2.75, 3.05) is 0 Å². The topological polar surface area (TPSA) is 63.6 Å². The van der Waals surface area contributed by atoms with E-state index in [1.807, 2.05) is 13.8 Å². The van der Waals surface area contributed by atoms with Crippen LogP contribution in [0.3, 0.4) is 0 Å². The molecule has 0 saturated carbocycles. The third-order valence-corrected chi connectivity index (χ3v) is 2.07. The van der Waals surface area contributed by atoms with E-state index in [4.69, 9.17) is 21.4 Å². The number of halogens is 1. The Kier molecular flexibility index (Phi) is 6.56. The van der Waals surface area contributed by atoms with Gasteiger partial charge in [-0.15, -0.1) is 0 Å². The molecule has 1 aromatic rings. The highest BCUT2D eigenvalue weighted by Crippen LogP contribution is 2.19. The summed E-state index contributed by atoms with van der Waals surface area (Å²) in [6.07, 6.45) is 0. The highest BCUT2D eigenvalue weighted by atomic mass is 35.5. The summed E-state index contributed by atoms with van der Waals surface area (Å²) in [5, 5.41) is 9.23. The van der Waals surface area contributed by atoms with Crippen molar-refractivity contribution in [3.8, 4) is 0 Å². The Bertz CT molecular complexity index is 461. The zero-order valence-electron chi connectivity index (χ0n) is 11.8. The molecule has 4 nitrogen and oxygen atoms in total. The number of hydrogen-bond donors (Lipinski definition) is 1. The Morgan fingerprint density at radius 2 is 1.68 bits per heavy atom. The number of esters is 1. The normalized spacial score (nSPS) is 10.2. The molecule has 0 bridgehead atoms. The molecule has 106 valence electrons. The average molecular weight is 287 g/mol. The van der Waals surface area contributed by atoms with Crippen LogP contribution in [0, 0.1) is 0 Å². The number of ether oxygens (including phenoxy) is 1. The second kappa shape index (κ2) is 7.14. The molecule has 0 atom stereocenters. The molecule has 0 radical (unpaired) electrons. The van der Waals surface area contributed by atoms with Gasteiger partial charge in [-0.1, -0.05) is 25.4 Å². The molecule has 0 heterocycles. The van der Waals surface area contributed by atoms with Crippen LogP contribution >= 0.6 is 11.6 Å². The molecular formula is C14H19ClO4. The van der Waals surface area contributed by atoms with Crippen molar-refractivity contribution in [2.24, 2.45) is 0 Å². The lowest BCUT2D eigenvalue weighted by Gasteiger charge is -2.20. The van der Waals surface area contributed by atoms with E-state index in [2.05, 4.69) is 0 Å². The second-order valence-electron chi connectivity index (χ2n) is 4.50. The summed E-state index contributed by atoms with van der Waals surface area (Å²) in [5.74, 6) is -1.89. The van der Waals surface area contributed by atoms with Crippen LogP contribution in [-0.4, -0.2) is 22.6 Å². The molecule has 1 aromatic carbocycles. The van der Waals surface area contributed by atoms with Gasteiger partial charge in [-0.05, 0) is 39.0 Å². The number of carbonyl (C=O) groups excluding carboxylic acids is 1. The smallest absolute Gasteiger partial charge is 0.339 e. The number of aromatic carboxylic acids is 1. The quantitative estimate of drug-likeness (QED) is 0.834. The first-order chi connectivity index (χ1) is 8.70. The van der Waals surface area contributed by atoms with E-state index in [-0.39, 0.29) is 16.1 Å². The third kappa shape index (κ3) is 5.75. The molecule has 0 aliphatic rings. The summed E-state index contributed by atoms with van der Waals surface area (Å²) in [6.45, 7) is 9.13. The minimum Gasteiger partial charge on any atom is -0.478 e. The van der Waals surface area contributed by atoms with E-state index < -0.39 is 17.5 Å². The molecule has 5 heteroatoms. The van der Waals surface area contributed by atoms with Crippen LogP contribution in [0.2, 0.25) is 5.02 Å². The predicted molar refractivity (Wildman–Crippen MR) is 74.9 cm³/mol. The molecule has 19 heavy (non-hydrogen) atoms. The lowest BCUT2D eigenvalue weighted by Crippen LogP contribution is -2.25. The molecule has 0 aromatic heterocycles. The highest BCUT2D eigenvalue weighted by Gasteiger charge is 2.22. The SMILES string of the molecule is CC.CC(C)(C)OC(=O)c1ccc(Cl)cc1C(=O)O. The molecule has 0 spiro atoms. The Balaban J connectivity index is 0.00000154. The van der Waals surface area contributed by atoms with Gasteiger partial charge < -0.3 is 9.84 Å². The first-order valence-electron chi connectivity index (χ1n) is 5.97. The maximum Gasteiger partial charge on any atom is 0.339 e. The zero-order valence-corrected chi connectivity index (χ0v) is 12.5. The molecule has 0 aliphatic carbocycles. The van der Waals surface area contributed by atoms with Crippen molar-refractivity contribution in [2.45, 2.75) is 40.2 Å². The van der Waals surface area contributed by atoms with Crippen molar-refractivity contribution in [3.63, 3.8) is 0 Å². The number of carboxylic acids is 1. The Morgan fingerprint density at radius 1 is 1.16 bits per heavy atom. The molecule has 0 amide bonds. The first kappa shape index (κ1) is 17.4. The molecular weight excluding hydrogens is 268 g/mol. The van der Waals surface area contributed by atoms with Gasteiger partial charge in [0.2, 0.25) is 0 Å². The molecule has 0 unspecified atom stereocenters. The Morgan fingerprint density at radius 3 is 2.11 bits per heavy atom. The van der Waals surface area contributed by atoms with Crippen LogP contribution in [0.15, 0.2) is 18.2 Å². The fourth-order valence-electron chi connectivity index (χ4n) is 1.20. The van der Waals surface area contributed by atoms with Crippen molar-refractivity contribution in [1.29, 1.82) is 0 Å². The van der Waals surface area contributed by atoms with E-state index in [1.54, 1.807) is 20.8 Å². The maximum atomic E-state index is 11.8. The lowest BCUT2D eigenvalue weighted by molar-refractivity contribution is 0.00659. The Labute approximate surface area is 118 Å². The molecule has 0 aliphatic heterocycles. The summed E-state index contributed by atoms with van der Waals surface area (Å²) in [7, 11) is 0. The average Bonchev–Trinajstić information content (AvgIpc) is 2.29. The summed E-state index contributed by atoms with van der Waals surface area (Å²) in [4.78, 5) is 22.7. The van der Waals surface area contributed by atoms with E-state index in [1.165, 1.54) is 18.2 Å². The zero-order chi connectivity index (χ0) is 15.2. The first-order valence-corrected chi connectivity index (χ1v) is 6.35. The summed E-state index contributed by atoms with van der Waals surface area (Å²) in [6, 6.07) is 4.02. The Hall–Kier alpha value is -1.55. The predicted octanol–water partition coefficient (Wildman–Crippen LogP) is 4.02. The van der Waals surface area contributed by atoms with Crippen LogP contribution in [0.25, 0.3) is 0 Å². The number of rotatable bonds is 2. The van der Waals surface area contributed by atoms with E-state index in [0.29, 0.717) is 0 Å². The van der Waals surface area contributed by atoms with Crippen molar-refractivity contribution >= 4 is 23.5 Å². The fraction of sp³-hybridized carbons (Fsp3) is 0.429. The molecule has 0 saturated heterocycles. The van der Waals surface area contributed by atoms with Crippen molar-refractivity contribution < 1.29 is 19.4 Å².